The normalized spacial score (nSPS) is 11.3. The van der Waals surface area contributed by atoms with Gasteiger partial charge in [-0.15, -0.1) is 6.58 Å². The van der Waals surface area contributed by atoms with E-state index in [9.17, 15) is 17.6 Å². The molecule has 0 aliphatic heterocycles. The van der Waals surface area contributed by atoms with Crippen LogP contribution in [0.4, 0.5) is 17.6 Å². The molecule has 0 atom stereocenters. The van der Waals surface area contributed by atoms with Crippen molar-refractivity contribution in [2.45, 2.75) is 0 Å². The summed E-state index contributed by atoms with van der Waals surface area (Å²) in [7, 11) is 1.86. The van der Waals surface area contributed by atoms with Crippen LogP contribution in [-0.2, 0) is 0 Å². The Morgan fingerprint density at radius 3 is 2.25 bits per heavy atom. The van der Waals surface area contributed by atoms with Crippen molar-refractivity contribution in [2.24, 2.45) is 0 Å². The van der Waals surface area contributed by atoms with Gasteiger partial charge in [0.15, 0.2) is 17.4 Å². The molecule has 0 radical (unpaired) electrons. The summed E-state index contributed by atoms with van der Waals surface area (Å²) in [5.74, 6) is -7.11. The van der Waals surface area contributed by atoms with Crippen molar-refractivity contribution in [1.29, 1.82) is 0 Å². The molecule has 20 heavy (non-hydrogen) atoms. The Bertz CT molecular complexity index is 476. The van der Waals surface area contributed by atoms with Crippen LogP contribution in [0.5, 0.6) is 5.75 Å². The summed E-state index contributed by atoms with van der Waals surface area (Å²) in [6.07, 6.45) is 4.93. The van der Waals surface area contributed by atoms with Crippen molar-refractivity contribution in [2.75, 3.05) is 26.7 Å². The Hall–Kier alpha value is -1.82. The molecule has 2 nitrogen and oxygen atoms in total. The predicted octanol–water partition coefficient (Wildman–Crippen LogP) is 3.30. The highest BCUT2D eigenvalue weighted by atomic mass is 19.2. The Labute approximate surface area is 115 Å². The Kier molecular flexibility index (Phi) is 6.24. The van der Waals surface area contributed by atoms with Crippen molar-refractivity contribution < 1.29 is 22.3 Å². The first-order valence-corrected chi connectivity index (χ1v) is 5.87. The number of hydrogen-bond donors (Lipinski definition) is 0. The second-order valence-corrected chi connectivity index (χ2v) is 4.09. The average molecular weight is 289 g/mol. The van der Waals surface area contributed by atoms with E-state index < -0.39 is 29.0 Å². The molecule has 0 saturated heterocycles. The van der Waals surface area contributed by atoms with Crippen LogP contribution in [-0.4, -0.2) is 31.6 Å². The van der Waals surface area contributed by atoms with Gasteiger partial charge in [-0.25, -0.2) is 8.78 Å². The number of hydrogen-bond acceptors (Lipinski definition) is 2. The van der Waals surface area contributed by atoms with Gasteiger partial charge in [0.2, 0.25) is 11.6 Å². The quantitative estimate of drug-likeness (QED) is 0.434. The summed E-state index contributed by atoms with van der Waals surface area (Å²) >= 11 is 0. The first-order valence-electron chi connectivity index (χ1n) is 5.87. The smallest absolute Gasteiger partial charge is 0.203 e. The van der Waals surface area contributed by atoms with Crippen LogP contribution in [0.3, 0.4) is 0 Å². The fourth-order valence-electron chi connectivity index (χ4n) is 1.43. The molecule has 1 aromatic rings. The van der Waals surface area contributed by atoms with Crippen LogP contribution in [0.15, 0.2) is 30.9 Å². The Morgan fingerprint density at radius 2 is 1.70 bits per heavy atom. The van der Waals surface area contributed by atoms with E-state index in [4.69, 9.17) is 4.74 Å². The van der Waals surface area contributed by atoms with Gasteiger partial charge in [-0.3, -0.25) is 4.90 Å². The number of benzene rings is 1. The highest BCUT2D eigenvalue weighted by molar-refractivity contribution is 5.28. The standard InChI is InChI=1S/C14H15F4NO/c1-3-6-19(2)7-4-5-8-20-14-12(17)10(15)9-11(16)13(14)18/h3-5,9H,1,6-8H2,2H3. The molecule has 0 heterocycles. The molecule has 0 fully saturated rings. The molecule has 6 heteroatoms. The van der Waals surface area contributed by atoms with Crippen LogP contribution in [0.2, 0.25) is 0 Å². The van der Waals surface area contributed by atoms with E-state index in [1.807, 2.05) is 11.9 Å². The van der Waals surface area contributed by atoms with Crippen LogP contribution < -0.4 is 4.74 Å². The molecule has 0 aromatic heterocycles. The minimum atomic E-state index is -1.54. The monoisotopic (exact) mass is 289 g/mol. The number of ether oxygens (including phenoxy) is 1. The molecule has 0 spiro atoms. The molecule has 1 aromatic carbocycles. The van der Waals surface area contributed by atoms with Crippen LogP contribution >= 0.6 is 0 Å². The van der Waals surface area contributed by atoms with Crippen molar-refractivity contribution in [3.63, 3.8) is 0 Å². The maximum Gasteiger partial charge on any atom is 0.203 e. The third kappa shape index (κ3) is 4.38. The predicted molar refractivity (Wildman–Crippen MR) is 68.6 cm³/mol. The maximum atomic E-state index is 13.2. The Balaban J connectivity index is 2.58. The molecule has 0 bridgehead atoms. The summed E-state index contributed by atoms with van der Waals surface area (Å²) in [5.41, 5.74) is 0. The lowest BCUT2D eigenvalue weighted by Gasteiger charge is -2.10. The summed E-state index contributed by atoms with van der Waals surface area (Å²) in [4.78, 5) is 1.92. The molecule has 110 valence electrons. The van der Waals surface area contributed by atoms with Gasteiger partial charge in [0.1, 0.15) is 6.61 Å². The van der Waals surface area contributed by atoms with Gasteiger partial charge < -0.3 is 4.74 Å². The van der Waals surface area contributed by atoms with Gasteiger partial charge in [0.25, 0.3) is 0 Å². The second kappa shape index (κ2) is 7.69. The van der Waals surface area contributed by atoms with E-state index >= 15 is 0 Å². The summed E-state index contributed by atoms with van der Waals surface area (Å²) < 4.78 is 57.0. The number of rotatable bonds is 7. The van der Waals surface area contributed by atoms with Gasteiger partial charge in [-0.05, 0) is 7.05 Å². The van der Waals surface area contributed by atoms with Crippen molar-refractivity contribution in [3.05, 3.63) is 54.1 Å². The van der Waals surface area contributed by atoms with Crippen molar-refractivity contribution in [3.8, 4) is 5.75 Å². The van der Waals surface area contributed by atoms with Gasteiger partial charge in [0, 0.05) is 19.2 Å². The first-order chi connectivity index (χ1) is 9.47. The zero-order chi connectivity index (χ0) is 15.1. The zero-order valence-electron chi connectivity index (χ0n) is 11.0. The molecule has 0 aliphatic rings. The molecular formula is C14H15F4NO. The minimum Gasteiger partial charge on any atom is -0.483 e. The van der Waals surface area contributed by atoms with Gasteiger partial charge in [0.05, 0.1) is 0 Å². The molecule has 0 unspecified atom stereocenters. The van der Waals surface area contributed by atoms with E-state index in [0.717, 1.165) is 0 Å². The molecular weight excluding hydrogens is 274 g/mol. The molecule has 0 amide bonds. The molecule has 0 aliphatic carbocycles. The largest absolute Gasteiger partial charge is 0.483 e. The number of halogens is 4. The SMILES string of the molecule is C=CCN(C)CC=CCOc1c(F)c(F)cc(F)c1F. The third-order valence-electron chi connectivity index (χ3n) is 2.42. The van der Waals surface area contributed by atoms with E-state index in [0.29, 0.717) is 13.1 Å². The first kappa shape index (κ1) is 16.2. The highest BCUT2D eigenvalue weighted by Crippen LogP contribution is 2.26. The average Bonchev–Trinajstić information content (AvgIpc) is 2.40. The van der Waals surface area contributed by atoms with Crippen LogP contribution in [0, 0.1) is 23.3 Å². The van der Waals surface area contributed by atoms with Crippen LogP contribution in [0.25, 0.3) is 0 Å². The second-order valence-electron chi connectivity index (χ2n) is 4.09. The zero-order valence-corrected chi connectivity index (χ0v) is 11.0. The molecule has 1 rings (SSSR count). The number of nitrogens with zero attached hydrogens (tertiary/aromatic N) is 1. The van der Waals surface area contributed by atoms with Crippen LogP contribution in [0.1, 0.15) is 0 Å². The Morgan fingerprint density at radius 1 is 1.10 bits per heavy atom. The van der Waals surface area contributed by atoms with Crippen molar-refractivity contribution >= 4 is 0 Å². The summed E-state index contributed by atoms with van der Waals surface area (Å²) in [6, 6.07) is 0.137. The third-order valence-corrected chi connectivity index (χ3v) is 2.42. The molecule has 0 saturated carbocycles. The van der Waals surface area contributed by atoms with E-state index in [2.05, 4.69) is 6.58 Å². The van der Waals surface area contributed by atoms with Crippen molar-refractivity contribution in [1.82, 2.24) is 4.90 Å². The van der Waals surface area contributed by atoms with E-state index in [-0.39, 0.29) is 12.7 Å². The summed E-state index contributed by atoms with van der Waals surface area (Å²) in [6.45, 7) is 4.65. The fourth-order valence-corrected chi connectivity index (χ4v) is 1.43. The maximum absolute atomic E-state index is 13.2. The summed E-state index contributed by atoms with van der Waals surface area (Å²) in [5, 5.41) is 0. The lowest BCUT2D eigenvalue weighted by Crippen LogP contribution is -2.17. The van der Waals surface area contributed by atoms with E-state index in [1.54, 1.807) is 12.2 Å². The minimum absolute atomic E-state index is 0.137. The lowest BCUT2D eigenvalue weighted by molar-refractivity contribution is 0.301. The lowest BCUT2D eigenvalue weighted by atomic mass is 10.3. The number of likely N-dealkylation sites (N-methyl/N-ethyl adjacent to an activating group) is 1. The topological polar surface area (TPSA) is 12.5 Å². The van der Waals surface area contributed by atoms with Gasteiger partial charge in [-0.2, -0.15) is 8.78 Å². The highest BCUT2D eigenvalue weighted by Gasteiger charge is 2.19. The van der Waals surface area contributed by atoms with Gasteiger partial charge in [-0.1, -0.05) is 18.2 Å². The molecule has 0 N–H and O–H groups in total. The fraction of sp³-hybridized carbons (Fsp3) is 0.286. The van der Waals surface area contributed by atoms with Gasteiger partial charge >= 0.3 is 0 Å². The van der Waals surface area contributed by atoms with E-state index in [1.165, 1.54) is 6.08 Å².